The minimum Gasteiger partial charge on any atom is -0.480 e. The molecule has 0 fully saturated rings. The highest BCUT2D eigenvalue weighted by Gasteiger charge is 2.32. The molecule has 3 rings (SSSR count). The van der Waals surface area contributed by atoms with Gasteiger partial charge < -0.3 is 20.1 Å². The summed E-state index contributed by atoms with van der Waals surface area (Å²) in [7, 11) is 1.51. The van der Waals surface area contributed by atoms with Crippen LogP contribution in [0, 0.1) is 6.92 Å². The van der Waals surface area contributed by atoms with E-state index < -0.39 is 12.1 Å². The van der Waals surface area contributed by atoms with E-state index in [1.54, 1.807) is 13.8 Å². The highest BCUT2D eigenvalue weighted by Crippen LogP contribution is 2.35. The number of anilines is 1. The molecule has 1 atom stereocenters. The standard InChI is InChI=1S/C19H20N2O5S/c1-4-25-19(24)14-10(2)15(17(23)20-3)27-18(14)21-16(22)13-9-11-7-5-6-8-12(11)26-13/h5-8,13H,4,9H2,1-3H3,(H,20,23)(H,21,22). The Bertz CT molecular complexity index is 881. The van der Waals surface area contributed by atoms with Crippen molar-refractivity contribution in [2.45, 2.75) is 26.4 Å². The number of rotatable bonds is 5. The summed E-state index contributed by atoms with van der Waals surface area (Å²) in [6.45, 7) is 3.55. The van der Waals surface area contributed by atoms with Crippen LogP contribution in [0.4, 0.5) is 5.00 Å². The smallest absolute Gasteiger partial charge is 0.341 e. The van der Waals surface area contributed by atoms with Crippen molar-refractivity contribution in [1.82, 2.24) is 5.32 Å². The van der Waals surface area contributed by atoms with Gasteiger partial charge in [-0.3, -0.25) is 9.59 Å². The first-order valence-electron chi connectivity index (χ1n) is 8.54. The lowest BCUT2D eigenvalue weighted by Crippen LogP contribution is -2.31. The SMILES string of the molecule is CCOC(=O)c1c(NC(=O)C2Cc3ccccc3O2)sc(C(=O)NC)c1C. The van der Waals surface area contributed by atoms with E-state index in [9.17, 15) is 14.4 Å². The van der Waals surface area contributed by atoms with Gasteiger partial charge in [-0.05, 0) is 31.0 Å². The van der Waals surface area contributed by atoms with Gasteiger partial charge in [0.05, 0.1) is 17.0 Å². The largest absolute Gasteiger partial charge is 0.480 e. The highest BCUT2D eigenvalue weighted by atomic mass is 32.1. The van der Waals surface area contributed by atoms with Gasteiger partial charge in [-0.15, -0.1) is 11.3 Å². The zero-order chi connectivity index (χ0) is 19.6. The molecule has 2 heterocycles. The second-order valence-corrected chi connectivity index (χ2v) is 6.99. The molecule has 1 aliphatic heterocycles. The maximum absolute atomic E-state index is 12.7. The van der Waals surface area contributed by atoms with Crippen LogP contribution in [0.1, 0.15) is 38.1 Å². The molecule has 8 heteroatoms. The Labute approximate surface area is 160 Å². The number of para-hydroxylation sites is 1. The molecule has 0 saturated carbocycles. The van der Waals surface area contributed by atoms with E-state index in [2.05, 4.69) is 10.6 Å². The lowest BCUT2D eigenvalue weighted by Gasteiger charge is -2.11. The molecular formula is C19H20N2O5S. The second kappa shape index (κ2) is 7.79. The molecule has 1 unspecified atom stereocenters. The predicted octanol–water partition coefficient (Wildman–Crippen LogP) is 2.54. The molecule has 1 aromatic carbocycles. The third-order valence-corrected chi connectivity index (χ3v) is 5.44. The number of amides is 2. The fourth-order valence-corrected chi connectivity index (χ4v) is 4.05. The first-order valence-corrected chi connectivity index (χ1v) is 9.35. The summed E-state index contributed by atoms with van der Waals surface area (Å²) in [5.74, 6) is -0.599. The molecular weight excluding hydrogens is 368 g/mol. The molecule has 1 aromatic heterocycles. The molecule has 2 N–H and O–H groups in total. The van der Waals surface area contributed by atoms with Crippen LogP contribution in [0.15, 0.2) is 24.3 Å². The Balaban J connectivity index is 1.86. The van der Waals surface area contributed by atoms with Crippen molar-refractivity contribution >= 4 is 34.1 Å². The summed E-state index contributed by atoms with van der Waals surface area (Å²) < 4.78 is 10.8. The topological polar surface area (TPSA) is 93.7 Å². The van der Waals surface area contributed by atoms with Crippen LogP contribution in [-0.2, 0) is 16.0 Å². The Morgan fingerprint density at radius 3 is 2.70 bits per heavy atom. The van der Waals surface area contributed by atoms with Gasteiger partial charge in [-0.25, -0.2) is 4.79 Å². The van der Waals surface area contributed by atoms with Crippen LogP contribution in [0.5, 0.6) is 5.75 Å². The molecule has 0 aliphatic carbocycles. The zero-order valence-corrected chi connectivity index (χ0v) is 16.1. The number of fused-ring (bicyclic) bond motifs is 1. The normalized spacial score (nSPS) is 14.9. The van der Waals surface area contributed by atoms with Gasteiger partial charge in [0, 0.05) is 13.5 Å². The second-order valence-electron chi connectivity index (χ2n) is 5.97. The zero-order valence-electron chi connectivity index (χ0n) is 15.3. The predicted molar refractivity (Wildman–Crippen MR) is 102 cm³/mol. The summed E-state index contributed by atoms with van der Waals surface area (Å²) >= 11 is 1.04. The molecule has 1 aliphatic rings. The molecule has 0 spiro atoms. The van der Waals surface area contributed by atoms with Gasteiger partial charge in [-0.2, -0.15) is 0 Å². The monoisotopic (exact) mass is 388 g/mol. The number of carbonyl (C=O) groups is 3. The fraction of sp³-hybridized carbons (Fsp3) is 0.316. The van der Waals surface area contributed by atoms with E-state index in [0.717, 1.165) is 16.9 Å². The number of ether oxygens (including phenoxy) is 2. The van der Waals surface area contributed by atoms with Crippen molar-refractivity contribution in [3.05, 3.63) is 45.8 Å². The van der Waals surface area contributed by atoms with Gasteiger partial charge in [-0.1, -0.05) is 18.2 Å². The molecule has 142 valence electrons. The number of thiophene rings is 1. The summed E-state index contributed by atoms with van der Waals surface area (Å²) in [6, 6.07) is 7.45. The average molecular weight is 388 g/mol. The molecule has 0 saturated heterocycles. The number of nitrogens with one attached hydrogen (secondary N) is 2. The average Bonchev–Trinajstić information content (AvgIpc) is 3.22. The third-order valence-electron chi connectivity index (χ3n) is 4.24. The molecule has 7 nitrogen and oxygen atoms in total. The van der Waals surface area contributed by atoms with Crippen molar-refractivity contribution in [2.24, 2.45) is 0 Å². The summed E-state index contributed by atoms with van der Waals surface area (Å²) in [6.07, 6.45) is -0.244. The Kier molecular flexibility index (Phi) is 5.46. The van der Waals surface area contributed by atoms with Crippen LogP contribution < -0.4 is 15.4 Å². The van der Waals surface area contributed by atoms with Crippen molar-refractivity contribution in [2.75, 3.05) is 19.0 Å². The number of hydrogen-bond donors (Lipinski definition) is 2. The number of esters is 1. The summed E-state index contributed by atoms with van der Waals surface area (Å²) in [5, 5.41) is 5.56. The van der Waals surface area contributed by atoms with E-state index >= 15 is 0 Å². The molecule has 2 amide bonds. The third kappa shape index (κ3) is 3.66. The lowest BCUT2D eigenvalue weighted by atomic mass is 10.1. The van der Waals surface area contributed by atoms with Gasteiger partial charge in [0.15, 0.2) is 6.10 Å². The minimum atomic E-state index is -0.691. The van der Waals surface area contributed by atoms with Gasteiger partial charge in [0.2, 0.25) is 0 Å². The van der Waals surface area contributed by atoms with E-state index in [1.165, 1.54) is 7.05 Å². The molecule has 0 radical (unpaired) electrons. The van der Waals surface area contributed by atoms with Crippen molar-refractivity contribution in [3.63, 3.8) is 0 Å². The Morgan fingerprint density at radius 1 is 1.30 bits per heavy atom. The van der Waals surface area contributed by atoms with Crippen LogP contribution in [-0.4, -0.2) is 37.5 Å². The molecule has 0 bridgehead atoms. The lowest BCUT2D eigenvalue weighted by molar-refractivity contribution is -0.122. The van der Waals surface area contributed by atoms with Gasteiger partial charge in [0.25, 0.3) is 11.8 Å². The van der Waals surface area contributed by atoms with Crippen LogP contribution >= 0.6 is 11.3 Å². The van der Waals surface area contributed by atoms with Gasteiger partial charge in [0.1, 0.15) is 10.8 Å². The Morgan fingerprint density at radius 2 is 2.04 bits per heavy atom. The molecule has 27 heavy (non-hydrogen) atoms. The van der Waals surface area contributed by atoms with Crippen molar-refractivity contribution in [3.8, 4) is 5.75 Å². The maximum Gasteiger partial charge on any atom is 0.341 e. The van der Waals surface area contributed by atoms with Crippen molar-refractivity contribution in [1.29, 1.82) is 0 Å². The fourth-order valence-electron chi connectivity index (χ4n) is 2.90. The number of benzene rings is 1. The van der Waals surface area contributed by atoms with Crippen LogP contribution in [0.2, 0.25) is 0 Å². The maximum atomic E-state index is 12.7. The van der Waals surface area contributed by atoms with Crippen LogP contribution in [0.25, 0.3) is 0 Å². The van der Waals surface area contributed by atoms with E-state index in [1.807, 2.05) is 24.3 Å². The van der Waals surface area contributed by atoms with Crippen molar-refractivity contribution < 1.29 is 23.9 Å². The van der Waals surface area contributed by atoms with Crippen LogP contribution in [0.3, 0.4) is 0 Å². The number of carbonyl (C=O) groups excluding carboxylic acids is 3. The molecule has 2 aromatic rings. The quantitative estimate of drug-likeness (QED) is 0.768. The minimum absolute atomic E-state index is 0.192. The van der Waals surface area contributed by atoms with E-state index in [-0.39, 0.29) is 29.0 Å². The highest BCUT2D eigenvalue weighted by molar-refractivity contribution is 7.18. The van der Waals surface area contributed by atoms with E-state index in [0.29, 0.717) is 22.6 Å². The summed E-state index contributed by atoms with van der Waals surface area (Å²) in [5.41, 5.74) is 1.63. The van der Waals surface area contributed by atoms with E-state index in [4.69, 9.17) is 9.47 Å². The summed E-state index contributed by atoms with van der Waals surface area (Å²) in [4.78, 5) is 37.5. The number of hydrogen-bond acceptors (Lipinski definition) is 6. The Hall–Kier alpha value is -2.87. The van der Waals surface area contributed by atoms with Gasteiger partial charge >= 0.3 is 5.97 Å². The first kappa shape index (κ1) is 18.9. The first-order chi connectivity index (χ1) is 13.0.